The summed E-state index contributed by atoms with van der Waals surface area (Å²) in [6.07, 6.45) is 0. The van der Waals surface area contributed by atoms with Crippen LogP contribution in [-0.2, 0) is 26.1 Å². The van der Waals surface area contributed by atoms with Crippen LogP contribution in [0.5, 0.6) is 0 Å². The second-order valence-electron chi connectivity index (χ2n) is 4.79. The number of esters is 1. The Morgan fingerprint density at radius 3 is 2.26 bits per heavy atom. The molecule has 2 rings (SSSR count). The van der Waals surface area contributed by atoms with Crippen LogP contribution in [0, 0.1) is 5.82 Å². The van der Waals surface area contributed by atoms with Gasteiger partial charge in [0.1, 0.15) is 12.4 Å². The van der Waals surface area contributed by atoms with E-state index in [2.05, 4.69) is 4.74 Å². The second-order valence-corrected chi connectivity index (χ2v) is 6.73. The molecule has 2 aromatic rings. The Balaban J connectivity index is 2.35. The molecule has 0 N–H and O–H groups in total. The van der Waals surface area contributed by atoms with Crippen molar-refractivity contribution in [2.75, 3.05) is 13.7 Å². The third-order valence-electron chi connectivity index (χ3n) is 3.19. The first-order valence-electron chi connectivity index (χ1n) is 6.80. The van der Waals surface area contributed by atoms with Crippen LogP contribution in [0.3, 0.4) is 0 Å². The van der Waals surface area contributed by atoms with E-state index in [-0.39, 0.29) is 11.4 Å². The van der Waals surface area contributed by atoms with Crippen LogP contribution in [0.15, 0.2) is 59.5 Å². The van der Waals surface area contributed by atoms with E-state index >= 15 is 0 Å². The summed E-state index contributed by atoms with van der Waals surface area (Å²) >= 11 is 0. The maximum Gasteiger partial charge on any atom is 0.321 e. The molecule has 0 aliphatic carbocycles. The third-order valence-corrected chi connectivity index (χ3v) is 4.99. The Bertz CT molecular complexity index is 760. The largest absolute Gasteiger partial charge is 0.468 e. The predicted octanol–water partition coefficient (Wildman–Crippen LogP) is 2.19. The van der Waals surface area contributed by atoms with Crippen molar-refractivity contribution < 1.29 is 22.3 Å². The van der Waals surface area contributed by atoms with E-state index < -0.39 is 28.4 Å². The lowest BCUT2D eigenvalue weighted by Crippen LogP contribution is -2.35. The molecule has 7 heteroatoms. The zero-order valence-electron chi connectivity index (χ0n) is 12.5. The lowest BCUT2D eigenvalue weighted by Gasteiger charge is -2.21. The zero-order valence-corrected chi connectivity index (χ0v) is 13.3. The van der Waals surface area contributed by atoms with Crippen molar-refractivity contribution in [3.63, 3.8) is 0 Å². The monoisotopic (exact) mass is 337 g/mol. The summed E-state index contributed by atoms with van der Waals surface area (Å²) in [5.74, 6) is -1.21. The standard InChI is InChI=1S/C16H16FNO4S/c1-22-16(19)12-18(11-13-5-3-2-4-6-13)23(20,21)15-9-7-14(17)8-10-15/h2-10H,11-12H2,1H3. The summed E-state index contributed by atoms with van der Waals surface area (Å²) < 4.78 is 44.0. The quantitative estimate of drug-likeness (QED) is 0.758. The number of nitrogens with zero attached hydrogens (tertiary/aromatic N) is 1. The number of rotatable bonds is 6. The fraction of sp³-hybridized carbons (Fsp3) is 0.188. The first-order chi connectivity index (χ1) is 10.9. The van der Waals surface area contributed by atoms with Gasteiger partial charge in [-0.25, -0.2) is 12.8 Å². The summed E-state index contributed by atoms with van der Waals surface area (Å²) in [5, 5.41) is 0. The van der Waals surface area contributed by atoms with Crippen LogP contribution in [-0.4, -0.2) is 32.3 Å². The lowest BCUT2D eigenvalue weighted by molar-refractivity contribution is -0.140. The number of benzene rings is 2. The maximum atomic E-state index is 13.0. The molecular weight excluding hydrogens is 321 g/mol. The van der Waals surface area contributed by atoms with E-state index in [0.29, 0.717) is 0 Å². The van der Waals surface area contributed by atoms with Gasteiger partial charge >= 0.3 is 5.97 Å². The summed E-state index contributed by atoms with van der Waals surface area (Å²) in [6.45, 7) is -0.416. The van der Waals surface area contributed by atoms with Crippen molar-refractivity contribution in [1.29, 1.82) is 0 Å². The van der Waals surface area contributed by atoms with Crippen LogP contribution in [0.25, 0.3) is 0 Å². The van der Waals surface area contributed by atoms with Crippen molar-refractivity contribution in [2.45, 2.75) is 11.4 Å². The van der Waals surface area contributed by atoms with Gasteiger partial charge in [0.25, 0.3) is 0 Å². The van der Waals surface area contributed by atoms with Gasteiger partial charge in [-0.3, -0.25) is 4.79 Å². The van der Waals surface area contributed by atoms with Crippen LogP contribution < -0.4 is 0 Å². The molecule has 0 unspecified atom stereocenters. The predicted molar refractivity (Wildman–Crippen MR) is 82.5 cm³/mol. The highest BCUT2D eigenvalue weighted by Gasteiger charge is 2.27. The molecule has 122 valence electrons. The summed E-state index contributed by atoms with van der Waals surface area (Å²) in [5.41, 5.74) is 0.724. The molecule has 0 aromatic heterocycles. The van der Waals surface area contributed by atoms with Gasteiger partial charge in [0, 0.05) is 6.54 Å². The molecule has 0 saturated carbocycles. The smallest absolute Gasteiger partial charge is 0.321 e. The molecule has 23 heavy (non-hydrogen) atoms. The Morgan fingerprint density at radius 2 is 1.70 bits per heavy atom. The molecule has 2 aromatic carbocycles. The molecule has 0 saturated heterocycles. The molecule has 0 radical (unpaired) electrons. The van der Waals surface area contributed by atoms with Gasteiger partial charge in [0.15, 0.2) is 0 Å². The van der Waals surface area contributed by atoms with Crippen molar-refractivity contribution in [3.05, 3.63) is 66.0 Å². The maximum absolute atomic E-state index is 13.0. The highest BCUT2D eigenvalue weighted by Crippen LogP contribution is 2.19. The van der Waals surface area contributed by atoms with Crippen molar-refractivity contribution in [1.82, 2.24) is 4.31 Å². The molecule has 0 atom stereocenters. The number of methoxy groups -OCH3 is 1. The fourth-order valence-corrected chi connectivity index (χ4v) is 3.35. The number of carbonyl (C=O) groups is 1. The number of sulfonamides is 1. The van der Waals surface area contributed by atoms with Crippen LogP contribution in [0.1, 0.15) is 5.56 Å². The average Bonchev–Trinajstić information content (AvgIpc) is 2.55. The minimum Gasteiger partial charge on any atom is -0.468 e. The molecule has 0 aliphatic heterocycles. The Morgan fingerprint density at radius 1 is 1.09 bits per heavy atom. The van der Waals surface area contributed by atoms with Crippen molar-refractivity contribution in [3.8, 4) is 0 Å². The third kappa shape index (κ3) is 4.37. The number of hydrogen-bond acceptors (Lipinski definition) is 4. The van der Waals surface area contributed by atoms with E-state index in [4.69, 9.17) is 0 Å². The van der Waals surface area contributed by atoms with E-state index in [1.165, 1.54) is 19.2 Å². The summed E-state index contributed by atoms with van der Waals surface area (Å²) in [7, 11) is -2.77. The van der Waals surface area contributed by atoms with E-state index in [0.717, 1.165) is 22.0 Å². The van der Waals surface area contributed by atoms with E-state index in [1.54, 1.807) is 24.3 Å². The molecule has 5 nitrogen and oxygen atoms in total. The summed E-state index contributed by atoms with van der Waals surface area (Å²) in [6, 6.07) is 13.3. The van der Waals surface area contributed by atoms with Gasteiger partial charge in [0.2, 0.25) is 10.0 Å². The van der Waals surface area contributed by atoms with Crippen LogP contribution >= 0.6 is 0 Å². The molecule has 0 bridgehead atoms. The van der Waals surface area contributed by atoms with E-state index in [1.807, 2.05) is 6.07 Å². The van der Waals surface area contributed by atoms with Crippen molar-refractivity contribution in [2.24, 2.45) is 0 Å². The number of halogens is 1. The van der Waals surface area contributed by atoms with Gasteiger partial charge in [0.05, 0.1) is 12.0 Å². The first-order valence-corrected chi connectivity index (χ1v) is 8.24. The first kappa shape index (κ1) is 17.1. The number of hydrogen-bond donors (Lipinski definition) is 0. The summed E-state index contributed by atoms with van der Waals surface area (Å²) in [4.78, 5) is 11.5. The fourth-order valence-electron chi connectivity index (χ4n) is 1.98. The van der Waals surface area contributed by atoms with Gasteiger partial charge in [-0.15, -0.1) is 0 Å². The molecule has 0 spiro atoms. The lowest BCUT2D eigenvalue weighted by atomic mass is 10.2. The van der Waals surface area contributed by atoms with Crippen LogP contribution in [0.4, 0.5) is 4.39 Å². The minimum absolute atomic E-state index is 0.00957. The second kappa shape index (κ2) is 7.34. The molecule has 0 fully saturated rings. The zero-order chi connectivity index (χ0) is 16.9. The molecule has 0 aliphatic rings. The van der Waals surface area contributed by atoms with Crippen molar-refractivity contribution >= 4 is 16.0 Å². The SMILES string of the molecule is COC(=O)CN(Cc1ccccc1)S(=O)(=O)c1ccc(F)cc1. The van der Waals surface area contributed by atoms with E-state index in [9.17, 15) is 17.6 Å². The molecular formula is C16H16FNO4S. The van der Waals surface area contributed by atoms with Gasteiger partial charge in [-0.05, 0) is 29.8 Å². The van der Waals surface area contributed by atoms with Gasteiger partial charge in [-0.2, -0.15) is 4.31 Å². The Labute approximate surface area is 134 Å². The Hall–Kier alpha value is -2.25. The number of carbonyl (C=O) groups excluding carboxylic acids is 1. The van der Waals surface area contributed by atoms with Gasteiger partial charge in [-0.1, -0.05) is 30.3 Å². The topological polar surface area (TPSA) is 63.7 Å². The molecule has 0 amide bonds. The van der Waals surface area contributed by atoms with Gasteiger partial charge < -0.3 is 4.74 Å². The highest BCUT2D eigenvalue weighted by atomic mass is 32.2. The average molecular weight is 337 g/mol. The normalized spacial score (nSPS) is 11.4. The Kier molecular flexibility index (Phi) is 5.46. The van der Waals surface area contributed by atoms with Crippen LogP contribution in [0.2, 0.25) is 0 Å². The highest BCUT2D eigenvalue weighted by molar-refractivity contribution is 7.89. The minimum atomic E-state index is -3.96. The number of ether oxygens (including phenoxy) is 1. The molecule has 0 heterocycles.